The first-order chi connectivity index (χ1) is 12.1. The Kier molecular flexibility index (Phi) is 7.47. The van der Waals surface area contributed by atoms with Crippen LogP contribution in [0.25, 0.3) is 0 Å². The normalized spacial score (nSPS) is 24.1. The fourth-order valence-electron chi connectivity index (χ4n) is 3.78. The molecule has 0 bridgehead atoms. The summed E-state index contributed by atoms with van der Waals surface area (Å²) in [5.41, 5.74) is 2.16. The zero-order chi connectivity index (χ0) is 17.8. The Morgan fingerprint density at radius 3 is 2.85 bits per heavy atom. The van der Waals surface area contributed by atoms with E-state index in [4.69, 9.17) is 0 Å². The molecule has 3 unspecified atom stereocenters. The van der Waals surface area contributed by atoms with E-state index in [9.17, 15) is 9.59 Å². The maximum absolute atomic E-state index is 12.6. The van der Waals surface area contributed by atoms with Crippen LogP contribution < -0.4 is 15.5 Å². The van der Waals surface area contributed by atoms with E-state index in [1.165, 1.54) is 5.56 Å². The molecule has 144 valence electrons. The first-order valence-corrected chi connectivity index (χ1v) is 9.50. The Hall–Kier alpha value is -1.59. The SMILES string of the molecule is CCC(C)c1ccccc1N1CC(C(=O)NC2CCCNC2)CC1=O.Cl. The fourth-order valence-corrected chi connectivity index (χ4v) is 3.78. The quantitative estimate of drug-likeness (QED) is 0.826. The summed E-state index contributed by atoms with van der Waals surface area (Å²) in [5.74, 6) is 0.216. The number of hydrogen-bond acceptors (Lipinski definition) is 3. The minimum atomic E-state index is -0.251. The van der Waals surface area contributed by atoms with Gasteiger partial charge in [0.2, 0.25) is 11.8 Å². The van der Waals surface area contributed by atoms with Crippen LogP contribution in [0.15, 0.2) is 24.3 Å². The number of hydrogen-bond donors (Lipinski definition) is 2. The van der Waals surface area contributed by atoms with Crippen LogP contribution in [0.4, 0.5) is 5.69 Å². The molecule has 1 aromatic carbocycles. The van der Waals surface area contributed by atoms with Gasteiger partial charge in [-0.1, -0.05) is 32.0 Å². The summed E-state index contributed by atoms with van der Waals surface area (Å²) >= 11 is 0. The number of carbonyl (C=O) groups excluding carboxylic acids is 2. The molecule has 3 atom stereocenters. The largest absolute Gasteiger partial charge is 0.352 e. The van der Waals surface area contributed by atoms with Gasteiger partial charge in [-0.05, 0) is 43.4 Å². The summed E-state index contributed by atoms with van der Waals surface area (Å²) in [6.45, 7) is 6.67. The minimum Gasteiger partial charge on any atom is -0.352 e. The third-order valence-corrected chi connectivity index (χ3v) is 5.51. The third-order valence-electron chi connectivity index (χ3n) is 5.51. The highest BCUT2D eigenvalue weighted by molar-refractivity contribution is 6.01. The highest BCUT2D eigenvalue weighted by atomic mass is 35.5. The monoisotopic (exact) mass is 379 g/mol. The molecule has 0 saturated carbocycles. The lowest BCUT2D eigenvalue weighted by molar-refractivity contribution is -0.127. The first-order valence-electron chi connectivity index (χ1n) is 9.50. The van der Waals surface area contributed by atoms with Gasteiger partial charge < -0.3 is 15.5 Å². The van der Waals surface area contributed by atoms with Crippen molar-refractivity contribution in [3.63, 3.8) is 0 Å². The standard InChI is InChI=1S/C20H29N3O2.ClH/c1-3-14(2)17-8-4-5-9-18(17)23-13-15(11-19(23)24)20(25)22-16-7-6-10-21-12-16;/h4-5,8-9,14-16,21H,3,6-7,10-13H2,1-2H3,(H,22,25);1H. The maximum atomic E-state index is 12.6. The van der Waals surface area contributed by atoms with E-state index >= 15 is 0 Å². The van der Waals surface area contributed by atoms with Crippen molar-refractivity contribution in [3.05, 3.63) is 29.8 Å². The van der Waals surface area contributed by atoms with Gasteiger partial charge in [0.25, 0.3) is 0 Å². The van der Waals surface area contributed by atoms with Crippen molar-refractivity contribution < 1.29 is 9.59 Å². The van der Waals surface area contributed by atoms with Gasteiger partial charge in [-0.2, -0.15) is 0 Å². The second kappa shape index (κ2) is 9.38. The van der Waals surface area contributed by atoms with Crippen LogP contribution in [0.5, 0.6) is 0 Å². The van der Waals surface area contributed by atoms with Crippen molar-refractivity contribution in [1.82, 2.24) is 10.6 Å². The summed E-state index contributed by atoms with van der Waals surface area (Å²) in [7, 11) is 0. The molecule has 2 N–H and O–H groups in total. The molecule has 0 spiro atoms. The number of nitrogens with one attached hydrogen (secondary N) is 2. The zero-order valence-electron chi connectivity index (χ0n) is 15.7. The molecule has 2 amide bonds. The first kappa shape index (κ1) is 20.7. The number of benzene rings is 1. The summed E-state index contributed by atoms with van der Waals surface area (Å²) in [4.78, 5) is 27.0. The average molecular weight is 380 g/mol. The number of halogens is 1. The van der Waals surface area contributed by atoms with Gasteiger partial charge in [0.1, 0.15) is 0 Å². The van der Waals surface area contributed by atoms with Crippen molar-refractivity contribution in [1.29, 1.82) is 0 Å². The molecule has 0 radical (unpaired) electrons. The number of amides is 2. The Balaban J connectivity index is 0.00000243. The van der Waals surface area contributed by atoms with Crippen LogP contribution in [0, 0.1) is 5.92 Å². The van der Waals surface area contributed by atoms with Gasteiger partial charge in [-0.25, -0.2) is 0 Å². The van der Waals surface area contributed by atoms with Gasteiger partial charge in [0.05, 0.1) is 5.92 Å². The van der Waals surface area contributed by atoms with Crippen LogP contribution in [-0.4, -0.2) is 37.5 Å². The predicted octanol–water partition coefficient (Wildman–Crippen LogP) is 2.84. The summed E-state index contributed by atoms with van der Waals surface area (Å²) in [6.07, 6.45) is 3.43. The van der Waals surface area contributed by atoms with E-state index in [0.29, 0.717) is 18.9 Å². The Bertz CT molecular complexity index is 631. The maximum Gasteiger partial charge on any atom is 0.227 e. The second-order valence-corrected chi connectivity index (χ2v) is 7.33. The van der Waals surface area contributed by atoms with Crippen LogP contribution in [-0.2, 0) is 9.59 Å². The van der Waals surface area contributed by atoms with E-state index in [0.717, 1.165) is 38.0 Å². The van der Waals surface area contributed by atoms with Gasteiger partial charge in [-0.15, -0.1) is 12.4 Å². The Labute approximate surface area is 162 Å². The molecular formula is C20H30ClN3O2. The van der Waals surface area contributed by atoms with Crippen molar-refractivity contribution in [3.8, 4) is 0 Å². The molecular weight excluding hydrogens is 350 g/mol. The minimum absolute atomic E-state index is 0. The van der Waals surface area contributed by atoms with Gasteiger partial charge in [-0.3, -0.25) is 9.59 Å². The fraction of sp³-hybridized carbons (Fsp3) is 0.600. The van der Waals surface area contributed by atoms with E-state index in [1.807, 2.05) is 23.1 Å². The van der Waals surface area contributed by atoms with E-state index in [2.05, 4.69) is 30.5 Å². The summed E-state index contributed by atoms with van der Waals surface area (Å²) in [6, 6.07) is 8.28. The molecule has 5 nitrogen and oxygen atoms in total. The third kappa shape index (κ3) is 4.57. The number of rotatable bonds is 5. The summed E-state index contributed by atoms with van der Waals surface area (Å²) in [5, 5.41) is 6.43. The smallest absolute Gasteiger partial charge is 0.227 e. The lowest BCUT2D eigenvalue weighted by Crippen LogP contribution is -2.47. The molecule has 2 heterocycles. The molecule has 6 heteroatoms. The Morgan fingerprint density at radius 1 is 1.38 bits per heavy atom. The van der Waals surface area contributed by atoms with Crippen molar-refractivity contribution in [2.24, 2.45) is 5.92 Å². The lowest BCUT2D eigenvalue weighted by Gasteiger charge is -2.25. The predicted molar refractivity (Wildman–Crippen MR) is 107 cm³/mol. The molecule has 2 aliphatic rings. The molecule has 2 saturated heterocycles. The number of para-hydroxylation sites is 1. The topological polar surface area (TPSA) is 61.4 Å². The van der Waals surface area contributed by atoms with Crippen molar-refractivity contribution in [2.45, 2.75) is 51.5 Å². The molecule has 3 rings (SSSR count). The average Bonchev–Trinajstić information content (AvgIpc) is 3.03. The zero-order valence-corrected chi connectivity index (χ0v) is 16.5. The molecule has 0 aliphatic carbocycles. The lowest BCUT2D eigenvalue weighted by atomic mass is 9.96. The Morgan fingerprint density at radius 2 is 2.15 bits per heavy atom. The molecule has 0 aromatic heterocycles. The van der Waals surface area contributed by atoms with Crippen LogP contribution in [0.2, 0.25) is 0 Å². The number of nitrogens with zero attached hydrogens (tertiary/aromatic N) is 1. The molecule has 26 heavy (non-hydrogen) atoms. The van der Waals surface area contributed by atoms with Crippen LogP contribution >= 0.6 is 12.4 Å². The molecule has 2 fully saturated rings. The summed E-state index contributed by atoms with van der Waals surface area (Å²) < 4.78 is 0. The van der Waals surface area contributed by atoms with E-state index in [1.54, 1.807) is 0 Å². The van der Waals surface area contributed by atoms with Crippen molar-refractivity contribution >= 4 is 29.9 Å². The highest BCUT2D eigenvalue weighted by Gasteiger charge is 2.36. The molecule has 1 aromatic rings. The second-order valence-electron chi connectivity index (χ2n) is 7.33. The number of carbonyl (C=O) groups is 2. The van der Waals surface area contributed by atoms with Crippen molar-refractivity contribution in [2.75, 3.05) is 24.5 Å². The van der Waals surface area contributed by atoms with Crippen LogP contribution in [0.1, 0.15) is 51.0 Å². The van der Waals surface area contributed by atoms with E-state index < -0.39 is 0 Å². The number of piperidine rings is 1. The van der Waals surface area contributed by atoms with E-state index in [-0.39, 0.29) is 36.2 Å². The van der Waals surface area contributed by atoms with Gasteiger partial charge in [0.15, 0.2) is 0 Å². The molecule has 2 aliphatic heterocycles. The van der Waals surface area contributed by atoms with Crippen LogP contribution in [0.3, 0.4) is 0 Å². The number of anilines is 1. The van der Waals surface area contributed by atoms with Gasteiger partial charge in [0, 0.05) is 31.2 Å². The highest BCUT2D eigenvalue weighted by Crippen LogP contribution is 2.33. The van der Waals surface area contributed by atoms with Gasteiger partial charge >= 0.3 is 0 Å².